The van der Waals surface area contributed by atoms with Gasteiger partial charge in [-0.2, -0.15) is 0 Å². The number of aryl methyl sites for hydroxylation is 1. The number of fused-ring (bicyclic) bond motifs is 1. The minimum atomic E-state index is -1.15. The third-order valence-electron chi connectivity index (χ3n) is 2.32. The van der Waals surface area contributed by atoms with Crippen molar-refractivity contribution in [2.45, 2.75) is 6.92 Å². The van der Waals surface area contributed by atoms with Gasteiger partial charge < -0.3 is 15.1 Å². The Morgan fingerprint density at radius 2 is 1.81 bits per heavy atom. The van der Waals surface area contributed by atoms with E-state index in [0.29, 0.717) is 11.1 Å². The smallest absolute Gasteiger partial charge is 0.338 e. The maximum atomic E-state index is 11.1. The molecule has 3 N–H and O–H groups in total. The van der Waals surface area contributed by atoms with Crippen LogP contribution in [0.4, 0.5) is 0 Å². The van der Waals surface area contributed by atoms with Gasteiger partial charge in [-0.05, 0) is 18.6 Å². The minimum absolute atomic E-state index is 0.00847. The molecule has 2 aromatic rings. The summed E-state index contributed by atoms with van der Waals surface area (Å²) in [6, 6.07) is 3.12. The summed E-state index contributed by atoms with van der Waals surface area (Å²) in [5.41, 5.74) is -0.716. The van der Waals surface area contributed by atoms with Crippen molar-refractivity contribution < 1.29 is 9.90 Å². The summed E-state index contributed by atoms with van der Waals surface area (Å²) >= 11 is 0. The van der Waals surface area contributed by atoms with Crippen LogP contribution in [0, 0.1) is 6.92 Å². The number of aromatic carboxylic acids is 1. The molecule has 0 aliphatic carbocycles. The topological polar surface area (TPSA) is 103 Å². The molecule has 16 heavy (non-hydrogen) atoms. The van der Waals surface area contributed by atoms with E-state index in [2.05, 4.69) is 9.97 Å². The summed E-state index contributed by atoms with van der Waals surface area (Å²) in [5, 5.41) is 9.01. The molecule has 1 aromatic carbocycles. The molecule has 2 rings (SSSR count). The SMILES string of the molecule is Cc1ccc2[nH]c(=O)c(=O)[nH]c2c1C(=O)O. The zero-order valence-corrected chi connectivity index (χ0v) is 8.33. The number of carbonyl (C=O) groups is 1. The molecule has 6 heteroatoms. The van der Waals surface area contributed by atoms with E-state index in [9.17, 15) is 14.4 Å². The van der Waals surface area contributed by atoms with Gasteiger partial charge in [0.2, 0.25) is 0 Å². The molecule has 0 aliphatic rings. The molecule has 0 bridgehead atoms. The summed E-state index contributed by atoms with van der Waals surface area (Å²) < 4.78 is 0. The number of aromatic nitrogens is 2. The molecule has 0 saturated heterocycles. The van der Waals surface area contributed by atoms with E-state index in [0.717, 1.165) is 0 Å². The lowest BCUT2D eigenvalue weighted by molar-refractivity contribution is 0.0698. The van der Waals surface area contributed by atoms with Crippen molar-refractivity contribution in [3.63, 3.8) is 0 Å². The van der Waals surface area contributed by atoms with Crippen molar-refractivity contribution in [2.75, 3.05) is 0 Å². The van der Waals surface area contributed by atoms with Crippen LogP contribution in [0.3, 0.4) is 0 Å². The van der Waals surface area contributed by atoms with Crippen LogP contribution < -0.4 is 11.1 Å². The first-order valence-corrected chi connectivity index (χ1v) is 4.50. The number of H-pyrrole nitrogens is 2. The van der Waals surface area contributed by atoms with E-state index in [1.807, 2.05) is 0 Å². The predicted molar refractivity (Wildman–Crippen MR) is 56.9 cm³/mol. The van der Waals surface area contributed by atoms with Crippen LogP contribution in [-0.2, 0) is 0 Å². The van der Waals surface area contributed by atoms with Crippen LogP contribution in [-0.4, -0.2) is 21.0 Å². The minimum Gasteiger partial charge on any atom is -0.478 e. The third-order valence-corrected chi connectivity index (χ3v) is 2.32. The Balaban J connectivity index is 3.04. The van der Waals surface area contributed by atoms with Crippen molar-refractivity contribution in [2.24, 2.45) is 0 Å². The number of hydrogen-bond donors (Lipinski definition) is 3. The van der Waals surface area contributed by atoms with Gasteiger partial charge in [-0.15, -0.1) is 0 Å². The standard InChI is InChI=1S/C10H8N2O4/c1-4-2-3-5-7(6(4)10(15)16)12-9(14)8(13)11-5/h2-3H,1H3,(H,11,13)(H,12,14)(H,15,16). The van der Waals surface area contributed by atoms with Gasteiger partial charge in [0.05, 0.1) is 16.6 Å². The van der Waals surface area contributed by atoms with Crippen LogP contribution in [0.15, 0.2) is 21.7 Å². The lowest BCUT2D eigenvalue weighted by Crippen LogP contribution is -2.29. The number of hydrogen-bond acceptors (Lipinski definition) is 3. The fraction of sp³-hybridized carbons (Fsp3) is 0.100. The van der Waals surface area contributed by atoms with Crippen LogP contribution in [0.5, 0.6) is 0 Å². The Bertz CT molecular complexity index is 696. The van der Waals surface area contributed by atoms with E-state index in [1.54, 1.807) is 19.1 Å². The molecule has 6 nitrogen and oxygen atoms in total. The molecule has 0 aliphatic heterocycles. The van der Waals surface area contributed by atoms with Gasteiger partial charge in [-0.3, -0.25) is 9.59 Å². The predicted octanol–water partition coefficient (Wildman–Crippen LogP) is 0.223. The summed E-state index contributed by atoms with van der Waals surface area (Å²) in [6.07, 6.45) is 0. The molecule has 0 radical (unpaired) electrons. The zero-order chi connectivity index (χ0) is 11.9. The first-order valence-electron chi connectivity index (χ1n) is 4.50. The Hall–Kier alpha value is -2.37. The van der Waals surface area contributed by atoms with E-state index in [4.69, 9.17) is 5.11 Å². The van der Waals surface area contributed by atoms with Gasteiger partial charge in [0, 0.05) is 0 Å². The fourth-order valence-corrected chi connectivity index (χ4v) is 1.57. The average molecular weight is 220 g/mol. The normalized spacial score (nSPS) is 10.6. The lowest BCUT2D eigenvalue weighted by Gasteiger charge is -2.04. The Kier molecular flexibility index (Phi) is 2.12. The molecule has 1 heterocycles. The monoisotopic (exact) mass is 220 g/mol. The number of nitrogens with one attached hydrogen (secondary N) is 2. The molecular weight excluding hydrogens is 212 g/mol. The summed E-state index contributed by atoms with van der Waals surface area (Å²) in [5.74, 6) is -1.15. The number of carboxylic acids is 1. The molecular formula is C10H8N2O4. The average Bonchev–Trinajstić information content (AvgIpc) is 2.20. The molecule has 0 amide bonds. The second-order valence-electron chi connectivity index (χ2n) is 3.39. The number of carboxylic acid groups (broad SMARTS) is 1. The highest BCUT2D eigenvalue weighted by molar-refractivity contribution is 6.01. The first kappa shape index (κ1) is 10.2. The lowest BCUT2D eigenvalue weighted by atomic mass is 10.1. The zero-order valence-electron chi connectivity index (χ0n) is 8.33. The van der Waals surface area contributed by atoms with E-state index in [1.165, 1.54) is 0 Å². The number of benzene rings is 1. The van der Waals surface area contributed by atoms with Gasteiger partial charge in [0.1, 0.15) is 0 Å². The van der Waals surface area contributed by atoms with Crippen molar-refractivity contribution >= 4 is 17.0 Å². The number of rotatable bonds is 1. The fourth-order valence-electron chi connectivity index (χ4n) is 1.57. The third kappa shape index (κ3) is 1.40. The Morgan fingerprint density at radius 1 is 1.19 bits per heavy atom. The van der Waals surface area contributed by atoms with Crippen molar-refractivity contribution in [1.82, 2.24) is 9.97 Å². The van der Waals surface area contributed by atoms with E-state index < -0.39 is 17.1 Å². The Labute approximate surface area is 88.6 Å². The molecule has 0 unspecified atom stereocenters. The van der Waals surface area contributed by atoms with Crippen LogP contribution >= 0.6 is 0 Å². The van der Waals surface area contributed by atoms with Crippen molar-refractivity contribution in [3.05, 3.63) is 44.0 Å². The molecule has 0 saturated carbocycles. The Morgan fingerprint density at radius 3 is 2.44 bits per heavy atom. The maximum absolute atomic E-state index is 11.1. The highest BCUT2D eigenvalue weighted by Crippen LogP contribution is 2.16. The quantitative estimate of drug-likeness (QED) is 0.598. The van der Waals surface area contributed by atoms with E-state index >= 15 is 0 Å². The molecule has 82 valence electrons. The van der Waals surface area contributed by atoms with Crippen molar-refractivity contribution in [1.29, 1.82) is 0 Å². The van der Waals surface area contributed by atoms with Gasteiger partial charge in [-0.1, -0.05) is 6.07 Å². The van der Waals surface area contributed by atoms with Gasteiger partial charge in [0.25, 0.3) is 0 Å². The second kappa shape index (κ2) is 3.34. The highest BCUT2D eigenvalue weighted by Gasteiger charge is 2.13. The van der Waals surface area contributed by atoms with Gasteiger partial charge >= 0.3 is 17.1 Å². The summed E-state index contributed by atoms with van der Waals surface area (Å²) in [4.78, 5) is 37.8. The molecule has 0 atom stereocenters. The van der Waals surface area contributed by atoms with Gasteiger partial charge in [-0.25, -0.2) is 4.79 Å². The van der Waals surface area contributed by atoms with Crippen LogP contribution in [0.1, 0.15) is 15.9 Å². The summed E-state index contributed by atoms with van der Waals surface area (Å²) in [7, 11) is 0. The first-order chi connectivity index (χ1) is 7.50. The number of aromatic amines is 2. The second-order valence-corrected chi connectivity index (χ2v) is 3.39. The molecule has 0 fully saturated rings. The van der Waals surface area contributed by atoms with Gasteiger partial charge in [0.15, 0.2) is 0 Å². The summed E-state index contributed by atoms with van der Waals surface area (Å²) in [6.45, 7) is 1.62. The van der Waals surface area contributed by atoms with Crippen molar-refractivity contribution in [3.8, 4) is 0 Å². The maximum Gasteiger partial charge on any atom is 0.338 e. The molecule has 0 spiro atoms. The molecule has 1 aromatic heterocycles. The largest absolute Gasteiger partial charge is 0.478 e. The van der Waals surface area contributed by atoms with Crippen LogP contribution in [0.2, 0.25) is 0 Å². The highest BCUT2D eigenvalue weighted by atomic mass is 16.4. The van der Waals surface area contributed by atoms with E-state index in [-0.39, 0.29) is 11.1 Å². The van der Waals surface area contributed by atoms with Crippen LogP contribution in [0.25, 0.3) is 11.0 Å².